The van der Waals surface area contributed by atoms with Crippen molar-refractivity contribution in [2.45, 2.75) is 0 Å². The summed E-state index contributed by atoms with van der Waals surface area (Å²) in [4.78, 5) is 7.22. The molecule has 0 fully saturated rings. The molecule has 3 aromatic rings. The number of benzene rings is 2. The molecule has 1 aromatic heterocycles. The van der Waals surface area contributed by atoms with Crippen LogP contribution in [0.15, 0.2) is 36.4 Å². The Morgan fingerprint density at radius 3 is 2.40 bits per heavy atom. The fraction of sp³-hybridized carbons (Fsp3) is 0.133. The average Bonchev–Trinajstić information content (AvgIpc) is 2.85. The van der Waals surface area contributed by atoms with E-state index in [1.165, 1.54) is 0 Å². The van der Waals surface area contributed by atoms with Gasteiger partial charge >= 0.3 is 0 Å². The maximum absolute atomic E-state index is 5.66. The second-order valence-corrected chi connectivity index (χ2v) is 4.42. The van der Waals surface area contributed by atoms with Crippen LogP contribution in [0.1, 0.15) is 0 Å². The summed E-state index contributed by atoms with van der Waals surface area (Å²) < 4.78 is 10.6. The first-order valence-corrected chi connectivity index (χ1v) is 6.19. The van der Waals surface area contributed by atoms with E-state index in [0.29, 0.717) is 17.4 Å². The lowest BCUT2D eigenvalue weighted by Crippen LogP contribution is -1.90. The molecular weight excluding hydrogens is 254 g/mol. The Labute approximate surface area is 116 Å². The highest BCUT2D eigenvalue weighted by atomic mass is 16.5. The summed E-state index contributed by atoms with van der Waals surface area (Å²) in [5.74, 6) is 1.83. The molecule has 0 spiro atoms. The number of fused-ring (bicyclic) bond motifs is 1. The molecule has 0 aliphatic carbocycles. The van der Waals surface area contributed by atoms with Gasteiger partial charge in [-0.1, -0.05) is 12.1 Å². The van der Waals surface area contributed by atoms with Crippen LogP contribution in [0.3, 0.4) is 0 Å². The number of hydrogen-bond donors (Lipinski definition) is 2. The maximum Gasteiger partial charge on any atom is 0.198 e. The van der Waals surface area contributed by atoms with Crippen LogP contribution in [0.2, 0.25) is 0 Å². The summed E-state index contributed by atoms with van der Waals surface area (Å²) in [5, 5.41) is 0. The van der Waals surface area contributed by atoms with Gasteiger partial charge in [0.15, 0.2) is 17.4 Å². The Kier molecular flexibility index (Phi) is 2.95. The third-order valence-corrected chi connectivity index (χ3v) is 3.22. The first-order valence-electron chi connectivity index (χ1n) is 6.19. The lowest BCUT2D eigenvalue weighted by atomic mass is 10.0. The number of methoxy groups -OCH3 is 2. The number of nitrogen functional groups attached to an aromatic ring is 1. The topological polar surface area (TPSA) is 73.2 Å². The van der Waals surface area contributed by atoms with Crippen LogP contribution in [-0.2, 0) is 0 Å². The number of nitrogens with zero attached hydrogens (tertiary/aromatic N) is 1. The Bertz CT molecular complexity index is 765. The monoisotopic (exact) mass is 269 g/mol. The van der Waals surface area contributed by atoms with Crippen molar-refractivity contribution >= 4 is 17.0 Å². The standard InChI is InChI=1S/C15H15N3O2/c1-19-13-6-4-10(8-14(13)20-2)9-3-5-11-12(7-9)18-15(16)17-11/h3-8H,1-2H3,(H3,16,17,18). The van der Waals surface area contributed by atoms with Gasteiger partial charge in [0.1, 0.15) is 0 Å². The molecule has 0 saturated heterocycles. The molecule has 102 valence electrons. The Hall–Kier alpha value is -2.69. The van der Waals surface area contributed by atoms with Gasteiger partial charge < -0.3 is 20.2 Å². The number of anilines is 1. The molecule has 2 aromatic carbocycles. The van der Waals surface area contributed by atoms with E-state index in [1.807, 2.05) is 36.4 Å². The molecule has 0 unspecified atom stereocenters. The predicted octanol–water partition coefficient (Wildman–Crippen LogP) is 2.83. The molecule has 0 aliphatic heterocycles. The number of imidazole rings is 1. The molecule has 0 atom stereocenters. The maximum atomic E-state index is 5.66. The molecular formula is C15H15N3O2. The van der Waals surface area contributed by atoms with Crippen LogP contribution in [0.4, 0.5) is 5.95 Å². The van der Waals surface area contributed by atoms with Gasteiger partial charge in [0.05, 0.1) is 25.3 Å². The first kappa shape index (κ1) is 12.3. The van der Waals surface area contributed by atoms with E-state index >= 15 is 0 Å². The van der Waals surface area contributed by atoms with Crippen LogP contribution >= 0.6 is 0 Å². The van der Waals surface area contributed by atoms with Crippen molar-refractivity contribution in [2.24, 2.45) is 0 Å². The zero-order chi connectivity index (χ0) is 14.1. The van der Waals surface area contributed by atoms with E-state index in [-0.39, 0.29) is 0 Å². The molecule has 0 amide bonds. The van der Waals surface area contributed by atoms with E-state index in [2.05, 4.69) is 9.97 Å². The Balaban J connectivity index is 2.09. The average molecular weight is 269 g/mol. The number of aromatic nitrogens is 2. The number of H-pyrrole nitrogens is 1. The second kappa shape index (κ2) is 4.77. The number of ether oxygens (including phenoxy) is 2. The second-order valence-electron chi connectivity index (χ2n) is 4.42. The summed E-state index contributed by atoms with van der Waals surface area (Å²) >= 11 is 0. The SMILES string of the molecule is COc1ccc(-c2ccc3nc(N)[nH]c3c2)cc1OC. The van der Waals surface area contributed by atoms with Gasteiger partial charge in [-0.05, 0) is 35.4 Å². The third-order valence-electron chi connectivity index (χ3n) is 3.22. The minimum atomic E-state index is 0.421. The van der Waals surface area contributed by atoms with Crippen molar-refractivity contribution in [1.82, 2.24) is 9.97 Å². The van der Waals surface area contributed by atoms with Crippen LogP contribution < -0.4 is 15.2 Å². The smallest absolute Gasteiger partial charge is 0.198 e. The van der Waals surface area contributed by atoms with E-state index in [9.17, 15) is 0 Å². The molecule has 5 nitrogen and oxygen atoms in total. The van der Waals surface area contributed by atoms with Gasteiger partial charge in [0.2, 0.25) is 0 Å². The summed E-state index contributed by atoms with van der Waals surface area (Å²) in [6.45, 7) is 0. The van der Waals surface area contributed by atoms with Gasteiger partial charge in [-0.2, -0.15) is 0 Å². The van der Waals surface area contributed by atoms with Gasteiger partial charge in [-0.3, -0.25) is 0 Å². The van der Waals surface area contributed by atoms with Crippen LogP contribution in [0, 0.1) is 0 Å². The number of rotatable bonds is 3. The van der Waals surface area contributed by atoms with Gasteiger partial charge in [0.25, 0.3) is 0 Å². The fourth-order valence-electron chi connectivity index (χ4n) is 2.22. The van der Waals surface area contributed by atoms with Crippen LogP contribution in [-0.4, -0.2) is 24.2 Å². The summed E-state index contributed by atoms with van der Waals surface area (Å²) in [5.41, 5.74) is 9.52. The zero-order valence-corrected chi connectivity index (χ0v) is 11.3. The highest BCUT2D eigenvalue weighted by Gasteiger charge is 2.07. The van der Waals surface area contributed by atoms with Crippen molar-refractivity contribution in [1.29, 1.82) is 0 Å². The quantitative estimate of drug-likeness (QED) is 0.766. The van der Waals surface area contributed by atoms with E-state index < -0.39 is 0 Å². The van der Waals surface area contributed by atoms with Crippen molar-refractivity contribution in [3.05, 3.63) is 36.4 Å². The van der Waals surface area contributed by atoms with Gasteiger partial charge in [-0.25, -0.2) is 4.98 Å². The predicted molar refractivity (Wildman–Crippen MR) is 79.0 cm³/mol. The third kappa shape index (κ3) is 2.03. The number of nitrogens with two attached hydrogens (primary N) is 1. The lowest BCUT2D eigenvalue weighted by Gasteiger charge is -2.09. The summed E-state index contributed by atoms with van der Waals surface area (Å²) in [6, 6.07) is 11.8. The molecule has 3 N–H and O–H groups in total. The van der Waals surface area contributed by atoms with E-state index in [4.69, 9.17) is 15.2 Å². The lowest BCUT2D eigenvalue weighted by molar-refractivity contribution is 0.355. The van der Waals surface area contributed by atoms with Gasteiger partial charge in [-0.15, -0.1) is 0 Å². The summed E-state index contributed by atoms with van der Waals surface area (Å²) in [7, 11) is 3.25. The molecule has 0 bridgehead atoms. The van der Waals surface area contributed by atoms with Crippen molar-refractivity contribution in [3.63, 3.8) is 0 Å². The van der Waals surface area contributed by atoms with Crippen LogP contribution in [0.25, 0.3) is 22.2 Å². The normalized spacial score (nSPS) is 10.7. The zero-order valence-electron chi connectivity index (χ0n) is 11.3. The van der Waals surface area contributed by atoms with E-state index in [1.54, 1.807) is 14.2 Å². The van der Waals surface area contributed by atoms with Crippen LogP contribution in [0.5, 0.6) is 11.5 Å². The minimum Gasteiger partial charge on any atom is -0.493 e. The molecule has 3 rings (SSSR count). The highest BCUT2D eigenvalue weighted by Crippen LogP contribution is 2.33. The molecule has 0 saturated carbocycles. The van der Waals surface area contributed by atoms with Crippen molar-refractivity contribution < 1.29 is 9.47 Å². The van der Waals surface area contributed by atoms with Gasteiger partial charge in [0, 0.05) is 0 Å². The minimum absolute atomic E-state index is 0.421. The number of nitrogens with one attached hydrogen (secondary N) is 1. The molecule has 1 heterocycles. The van der Waals surface area contributed by atoms with Crippen molar-refractivity contribution in [2.75, 3.05) is 20.0 Å². The molecule has 0 radical (unpaired) electrons. The first-order chi connectivity index (χ1) is 9.71. The van der Waals surface area contributed by atoms with Crippen molar-refractivity contribution in [3.8, 4) is 22.6 Å². The molecule has 20 heavy (non-hydrogen) atoms. The number of hydrogen-bond acceptors (Lipinski definition) is 4. The van der Waals surface area contributed by atoms with E-state index in [0.717, 1.165) is 22.2 Å². The summed E-state index contributed by atoms with van der Waals surface area (Å²) in [6.07, 6.45) is 0. The molecule has 0 aliphatic rings. The number of aromatic amines is 1. The fourth-order valence-corrected chi connectivity index (χ4v) is 2.22. The Morgan fingerprint density at radius 2 is 1.65 bits per heavy atom. The Morgan fingerprint density at radius 1 is 0.950 bits per heavy atom. The highest BCUT2D eigenvalue weighted by molar-refractivity contribution is 5.83. The largest absolute Gasteiger partial charge is 0.493 e. The molecule has 5 heteroatoms.